The minimum absolute atomic E-state index is 0.266. The third kappa shape index (κ3) is 3.28. The van der Waals surface area contributed by atoms with Crippen molar-refractivity contribution in [2.24, 2.45) is 0 Å². The Balaban J connectivity index is 1.52. The molecule has 0 saturated carbocycles. The molecule has 0 aliphatic carbocycles. The number of aromatic nitrogens is 5. The van der Waals surface area contributed by atoms with Gasteiger partial charge in [-0.25, -0.2) is 8.42 Å². The van der Waals surface area contributed by atoms with Crippen molar-refractivity contribution in [2.75, 3.05) is 4.72 Å². The molecule has 0 unspecified atom stereocenters. The number of thiophene rings is 1. The van der Waals surface area contributed by atoms with Crippen LogP contribution in [0.4, 0.5) is 5.69 Å². The first-order chi connectivity index (χ1) is 14.1. The molecular formula is C19H14N6O2S2. The van der Waals surface area contributed by atoms with E-state index in [0.717, 1.165) is 11.3 Å². The summed E-state index contributed by atoms with van der Waals surface area (Å²) in [6.07, 6.45) is 1.81. The Hall–Kier alpha value is -3.50. The molecule has 0 aliphatic rings. The largest absolute Gasteiger partial charge is 0.359 e. The van der Waals surface area contributed by atoms with E-state index in [9.17, 15) is 8.42 Å². The van der Waals surface area contributed by atoms with Crippen LogP contribution in [-0.4, -0.2) is 33.2 Å². The summed E-state index contributed by atoms with van der Waals surface area (Å²) < 4.78 is 29.5. The van der Waals surface area contributed by atoms with Gasteiger partial charge in [-0.1, -0.05) is 18.2 Å². The predicted molar refractivity (Wildman–Crippen MR) is 111 cm³/mol. The quantitative estimate of drug-likeness (QED) is 0.450. The highest BCUT2D eigenvalue weighted by molar-refractivity contribution is 7.94. The summed E-state index contributed by atoms with van der Waals surface area (Å²) >= 11 is 1.17. The van der Waals surface area contributed by atoms with Crippen molar-refractivity contribution in [1.29, 1.82) is 0 Å². The van der Waals surface area contributed by atoms with Crippen LogP contribution in [-0.2, 0) is 10.0 Å². The van der Waals surface area contributed by atoms with Crippen molar-refractivity contribution in [2.45, 2.75) is 4.21 Å². The number of nitrogens with zero attached hydrogens (tertiary/aromatic N) is 4. The van der Waals surface area contributed by atoms with Crippen molar-refractivity contribution in [1.82, 2.24) is 24.8 Å². The molecular weight excluding hydrogens is 408 g/mol. The van der Waals surface area contributed by atoms with Crippen LogP contribution in [0.15, 0.2) is 76.4 Å². The number of rotatable bonds is 5. The molecule has 0 atom stereocenters. The van der Waals surface area contributed by atoms with Gasteiger partial charge in [0.2, 0.25) is 5.82 Å². The molecule has 4 aromatic heterocycles. The Bertz CT molecular complexity index is 1390. The summed E-state index contributed by atoms with van der Waals surface area (Å²) in [6.45, 7) is 0. The zero-order chi connectivity index (χ0) is 19.8. The molecule has 5 aromatic rings. The van der Waals surface area contributed by atoms with Gasteiger partial charge in [0, 0.05) is 17.4 Å². The summed E-state index contributed by atoms with van der Waals surface area (Å²) in [5.41, 5.74) is 3.32. The maximum absolute atomic E-state index is 12.5. The van der Waals surface area contributed by atoms with E-state index in [1.807, 2.05) is 36.5 Å². The molecule has 144 valence electrons. The first-order valence-electron chi connectivity index (χ1n) is 8.63. The maximum Gasteiger partial charge on any atom is 0.271 e. The molecule has 0 amide bonds. The lowest BCUT2D eigenvalue weighted by Crippen LogP contribution is -2.11. The second-order valence-electron chi connectivity index (χ2n) is 6.21. The fourth-order valence-electron chi connectivity index (χ4n) is 2.94. The van der Waals surface area contributed by atoms with Gasteiger partial charge in [-0.3, -0.25) is 4.72 Å². The van der Waals surface area contributed by atoms with Crippen LogP contribution in [0.2, 0.25) is 0 Å². The van der Waals surface area contributed by atoms with E-state index in [4.69, 9.17) is 0 Å². The molecule has 0 aliphatic heterocycles. The van der Waals surface area contributed by atoms with Crippen LogP contribution in [0.3, 0.4) is 0 Å². The van der Waals surface area contributed by atoms with E-state index in [-0.39, 0.29) is 4.21 Å². The predicted octanol–water partition coefficient (Wildman–Crippen LogP) is 3.65. The van der Waals surface area contributed by atoms with Crippen molar-refractivity contribution in [3.8, 4) is 22.8 Å². The molecule has 0 radical (unpaired) electrons. The molecule has 29 heavy (non-hydrogen) atoms. The number of H-pyrrole nitrogens is 1. The average Bonchev–Trinajstić information content (AvgIpc) is 3.48. The highest BCUT2D eigenvalue weighted by Crippen LogP contribution is 2.25. The Morgan fingerprint density at radius 1 is 1.00 bits per heavy atom. The number of benzene rings is 1. The molecule has 0 saturated heterocycles. The number of fused-ring (bicyclic) bond motifs is 1. The molecule has 1 aromatic carbocycles. The highest BCUT2D eigenvalue weighted by atomic mass is 32.2. The van der Waals surface area contributed by atoms with Gasteiger partial charge >= 0.3 is 0 Å². The molecule has 8 nitrogen and oxygen atoms in total. The minimum Gasteiger partial charge on any atom is -0.359 e. The van der Waals surface area contributed by atoms with Crippen molar-refractivity contribution in [3.63, 3.8) is 0 Å². The number of anilines is 1. The van der Waals surface area contributed by atoms with Crippen LogP contribution in [0.5, 0.6) is 0 Å². The zero-order valence-electron chi connectivity index (χ0n) is 14.9. The number of hydrogen-bond donors (Lipinski definition) is 2. The molecule has 0 bridgehead atoms. The van der Waals surface area contributed by atoms with E-state index in [1.165, 1.54) is 11.3 Å². The van der Waals surface area contributed by atoms with Crippen LogP contribution in [0.25, 0.3) is 28.4 Å². The summed E-state index contributed by atoms with van der Waals surface area (Å²) in [5, 5.41) is 14.7. The third-order valence-electron chi connectivity index (χ3n) is 4.27. The molecule has 0 spiro atoms. The van der Waals surface area contributed by atoms with Crippen molar-refractivity contribution in [3.05, 3.63) is 72.2 Å². The fraction of sp³-hybridized carbons (Fsp3) is 0. The Morgan fingerprint density at radius 2 is 1.93 bits per heavy atom. The van der Waals surface area contributed by atoms with Gasteiger partial charge in [-0.05, 0) is 47.8 Å². The lowest BCUT2D eigenvalue weighted by molar-refractivity contribution is 0.603. The van der Waals surface area contributed by atoms with E-state index < -0.39 is 10.0 Å². The lowest BCUT2D eigenvalue weighted by Gasteiger charge is -2.08. The van der Waals surface area contributed by atoms with E-state index in [2.05, 4.69) is 25.0 Å². The molecule has 5 rings (SSSR count). The molecule has 0 fully saturated rings. The minimum atomic E-state index is -3.61. The molecule has 4 heterocycles. The Morgan fingerprint density at radius 3 is 2.72 bits per heavy atom. The smallest absolute Gasteiger partial charge is 0.271 e. The fourth-order valence-corrected chi connectivity index (χ4v) is 4.99. The van der Waals surface area contributed by atoms with Crippen LogP contribution in [0, 0.1) is 0 Å². The second-order valence-corrected chi connectivity index (χ2v) is 9.07. The monoisotopic (exact) mass is 422 g/mol. The van der Waals surface area contributed by atoms with E-state index in [0.29, 0.717) is 22.9 Å². The first kappa shape index (κ1) is 17.6. The van der Waals surface area contributed by atoms with Gasteiger partial charge in [-0.2, -0.15) is 9.61 Å². The maximum atomic E-state index is 12.5. The first-order valence-corrected chi connectivity index (χ1v) is 11.0. The van der Waals surface area contributed by atoms with Crippen LogP contribution < -0.4 is 4.72 Å². The SMILES string of the molecule is O=S(=O)(Nc1cccc(-c2ccc3nnc(-c4ccc[nH]4)n3n2)c1)c1cccs1. The van der Waals surface area contributed by atoms with Gasteiger partial charge < -0.3 is 4.98 Å². The average molecular weight is 422 g/mol. The number of aromatic amines is 1. The van der Waals surface area contributed by atoms with Crippen molar-refractivity contribution >= 4 is 32.7 Å². The van der Waals surface area contributed by atoms with Gasteiger partial charge in [-0.15, -0.1) is 21.5 Å². The summed E-state index contributed by atoms with van der Waals surface area (Å²) in [5.74, 6) is 0.599. The van der Waals surface area contributed by atoms with E-state index >= 15 is 0 Å². The third-order valence-corrected chi connectivity index (χ3v) is 7.05. The zero-order valence-corrected chi connectivity index (χ0v) is 16.5. The van der Waals surface area contributed by atoms with Gasteiger partial charge in [0.15, 0.2) is 5.65 Å². The summed E-state index contributed by atoms with van der Waals surface area (Å²) in [6, 6.07) is 17.8. The van der Waals surface area contributed by atoms with Crippen molar-refractivity contribution < 1.29 is 8.42 Å². The standard InChI is InChI=1S/C19H14N6O2S2/c26-29(27,18-7-3-11-28-18)24-14-5-1-4-13(12-14)15-8-9-17-21-22-19(25(17)23-15)16-6-2-10-20-16/h1-12,20,24H. The number of nitrogens with one attached hydrogen (secondary N) is 2. The Kier molecular flexibility index (Phi) is 4.14. The normalized spacial score (nSPS) is 11.7. The Labute approximate surface area is 169 Å². The molecule has 10 heteroatoms. The van der Waals surface area contributed by atoms with Gasteiger partial charge in [0.25, 0.3) is 10.0 Å². The summed E-state index contributed by atoms with van der Waals surface area (Å²) in [4.78, 5) is 3.10. The van der Waals surface area contributed by atoms with Gasteiger partial charge in [0.1, 0.15) is 4.21 Å². The van der Waals surface area contributed by atoms with E-state index in [1.54, 1.807) is 40.2 Å². The van der Waals surface area contributed by atoms with Crippen LogP contribution >= 0.6 is 11.3 Å². The lowest BCUT2D eigenvalue weighted by atomic mass is 10.1. The van der Waals surface area contributed by atoms with Gasteiger partial charge in [0.05, 0.1) is 11.4 Å². The number of hydrogen-bond acceptors (Lipinski definition) is 6. The topological polar surface area (TPSA) is 105 Å². The second kappa shape index (κ2) is 6.83. The molecule has 2 N–H and O–H groups in total. The number of sulfonamides is 1. The summed E-state index contributed by atoms with van der Waals surface area (Å²) in [7, 11) is -3.61. The highest BCUT2D eigenvalue weighted by Gasteiger charge is 2.16. The van der Waals surface area contributed by atoms with Crippen LogP contribution in [0.1, 0.15) is 0 Å².